The molecule has 2 rings (SSSR count). The first kappa shape index (κ1) is 18.6. The second-order valence-electron chi connectivity index (χ2n) is 6.81. The summed E-state index contributed by atoms with van der Waals surface area (Å²) in [6.07, 6.45) is 3.40. The number of amides is 1. The van der Waals surface area contributed by atoms with Gasteiger partial charge in [0.05, 0.1) is 19.3 Å². The van der Waals surface area contributed by atoms with Crippen molar-refractivity contribution < 1.29 is 19.4 Å². The molecule has 1 N–H and O–H groups in total. The van der Waals surface area contributed by atoms with Crippen LogP contribution in [0.5, 0.6) is 0 Å². The third-order valence-electron chi connectivity index (χ3n) is 5.53. The van der Waals surface area contributed by atoms with Crippen molar-refractivity contribution in [2.24, 2.45) is 11.8 Å². The number of ether oxygens (including phenoxy) is 2. The molecule has 0 spiro atoms. The minimum atomic E-state index is -0.0913. The molecule has 2 heterocycles. The zero-order valence-electron chi connectivity index (χ0n) is 14.7. The summed E-state index contributed by atoms with van der Waals surface area (Å²) in [6, 6.07) is 0.381. The van der Waals surface area contributed by atoms with Crippen LogP contribution in [0.25, 0.3) is 0 Å². The van der Waals surface area contributed by atoms with E-state index in [4.69, 9.17) is 9.47 Å². The van der Waals surface area contributed by atoms with Crippen LogP contribution in [0.2, 0.25) is 0 Å². The molecule has 2 fully saturated rings. The van der Waals surface area contributed by atoms with Gasteiger partial charge in [0, 0.05) is 33.4 Å². The normalized spacial score (nSPS) is 31.9. The molecule has 0 aromatic carbocycles. The average Bonchev–Trinajstić information content (AvgIpc) is 3.12. The number of hydrogen-bond donors (Lipinski definition) is 1. The van der Waals surface area contributed by atoms with Gasteiger partial charge in [-0.1, -0.05) is 13.3 Å². The first-order valence-corrected chi connectivity index (χ1v) is 8.78. The van der Waals surface area contributed by atoms with Crippen molar-refractivity contribution in [1.29, 1.82) is 0 Å². The summed E-state index contributed by atoms with van der Waals surface area (Å²) in [7, 11) is 3.29. The lowest BCUT2D eigenvalue weighted by molar-refractivity contribution is -0.137. The summed E-state index contributed by atoms with van der Waals surface area (Å²) in [4.78, 5) is 16.6. The topological polar surface area (TPSA) is 62.2 Å². The quantitative estimate of drug-likeness (QED) is 0.707. The van der Waals surface area contributed by atoms with Crippen LogP contribution in [0.3, 0.4) is 0 Å². The highest BCUT2D eigenvalue weighted by Gasteiger charge is 2.44. The van der Waals surface area contributed by atoms with Crippen LogP contribution in [0.4, 0.5) is 0 Å². The van der Waals surface area contributed by atoms with Gasteiger partial charge in [0.2, 0.25) is 5.91 Å². The molecule has 2 saturated heterocycles. The maximum Gasteiger partial charge on any atom is 0.248 e. The first-order valence-electron chi connectivity index (χ1n) is 8.78. The molecule has 23 heavy (non-hydrogen) atoms. The Balaban J connectivity index is 2.06. The van der Waals surface area contributed by atoms with Crippen molar-refractivity contribution in [3.05, 3.63) is 0 Å². The monoisotopic (exact) mass is 328 g/mol. The summed E-state index contributed by atoms with van der Waals surface area (Å²) < 4.78 is 10.3. The molecule has 0 aliphatic carbocycles. The van der Waals surface area contributed by atoms with Gasteiger partial charge in [-0.15, -0.1) is 0 Å². The predicted octanol–water partition coefficient (Wildman–Crippen LogP) is 0.589. The van der Waals surface area contributed by atoms with Crippen LogP contribution in [0, 0.1) is 11.8 Å². The Hall–Kier alpha value is -0.690. The summed E-state index contributed by atoms with van der Waals surface area (Å²) >= 11 is 0. The van der Waals surface area contributed by atoms with E-state index < -0.39 is 0 Å². The van der Waals surface area contributed by atoms with Gasteiger partial charge in [-0.3, -0.25) is 9.69 Å². The predicted molar refractivity (Wildman–Crippen MR) is 88.2 cm³/mol. The van der Waals surface area contributed by atoms with E-state index in [0.717, 1.165) is 32.7 Å². The molecule has 6 nitrogen and oxygen atoms in total. The molecule has 2 aliphatic heterocycles. The molecule has 0 radical (unpaired) electrons. The molecule has 6 heteroatoms. The first-order chi connectivity index (χ1) is 11.2. The van der Waals surface area contributed by atoms with Gasteiger partial charge in [-0.2, -0.15) is 0 Å². The Bertz CT molecular complexity index is 380. The van der Waals surface area contributed by atoms with Gasteiger partial charge in [0.15, 0.2) is 0 Å². The van der Waals surface area contributed by atoms with Crippen LogP contribution in [0.15, 0.2) is 0 Å². The fourth-order valence-corrected chi connectivity index (χ4v) is 4.29. The minimum Gasteiger partial charge on any atom is -0.394 e. The lowest BCUT2D eigenvalue weighted by Gasteiger charge is -2.32. The van der Waals surface area contributed by atoms with Gasteiger partial charge in [-0.05, 0) is 31.2 Å². The summed E-state index contributed by atoms with van der Waals surface area (Å²) in [5, 5.41) is 9.90. The third-order valence-corrected chi connectivity index (χ3v) is 5.53. The highest BCUT2D eigenvalue weighted by atomic mass is 16.5. The van der Waals surface area contributed by atoms with E-state index in [9.17, 15) is 9.90 Å². The largest absolute Gasteiger partial charge is 0.394 e. The van der Waals surface area contributed by atoms with Crippen LogP contribution in [0.1, 0.15) is 26.2 Å². The molecule has 0 saturated carbocycles. The van der Waals surface area contributed by atoms with Gasteiger partial charge in [0.1, 0.15) is 6.61 Å². The zero-order valence-corrected chi connectivity index (χ0v) is 14.7. The number of rotatable bonds is 8. The van der Waals surface area contributed by atoms with Crippen molar-refractivity contribution in [1.82, 2.24) is 9.80 Å². The molecule has 4 atom stereocenters. The number of likely N-dealkylation sites (tertiary alicyclic amines) is 2. The van der Waals surface area contributed by atoms with Crippen molar-refractivity contribution in [2.45, 2.75) is 38.3 Å². The van der Waals surface area contributed by atoms with E-state index in [1.807, 2.05) is 4.90 Å². The van der Waals surface area contributed by atoms with Gasteiger partial charge >= 0.3 is 0 Å². The Morgan fingerprint density at radius 3 is 2.70 bits per heavy atom. The van der Waals surface area contributed by atoms with Crippen LogP contribution < -0.4 is 0 Å². The van der Waals surface area contributed by atoms with Crippen LogP contribution in [-0.2, 0) is 14.3 Å². The van der Waals surface area contributed by atoms with Crippen molar-refractivity contribution in [3.8, 4) is 0 Å². The summed E-state index contributed by atoms with van der Waals surface area (Å²) in [6.45, 7) is 5.82. The molecule has 0 bridgehead atoms. The van der Waals surface area contributed by atoms with E-state index in [1.54, 1.807) is 7.11 Å². The number of methoxy groups -OCH3 is 2. The number of aliphatic hydroxyl groups excluding tert-OH is 1. The molecular formula is C17H32N2O4. The van der Waals surface area contributed by atoms with E-state index >= 15 is 0 Å². The molecule has 0 aromatic rings. The Morgan fingerprint density at radius 1 is 1.30 bits per heavy atom. The zero-order chi connectivity index (χ0) is 16.8. The molecule has 1 amide bonds. The number of aliphatic hydroxyl groups is 1. The second kappa shape index (κ2) is 8.97. The third kappa shape index (κ3) is 4.24. The number of carbonyl (C=O) groups is 1. The van der Waals surface area contributed by atoms with E-state index in [0.29, 0.717) is 17.9 Å². The van der Waals surface area contributed by atoms with E-state index in [1.165, 1.54) is 20.0 Å². The highest BCUT2D eigenvalue weighted by molar-refractivity contribution is 5.78. The highest BCUT2D eigenvalue weighted by Crippen LogP contribution is 2.34. The standard InChI is InChI=1S/C17H32N2O4/c1-4-13-8-19(17(21)12-23-3)16(10-20)15(13)9-18-7-5-6-14(18)11-22-2/h13-16,20H,4-12H2,1-3H3/t13-,14-,15-,16-/m1/s1. The maximum absolute atomic E-state index is 12.3. The Labute approximate surface area is 139 Å². The van der Waals surface area contributed by atoms with Gasteiger partial charge in [0.25, 0.3) is 0 Å². The van der Waals surface area contributed by atoms with Gasteiger partial charge < -0.3 is 19.5 Å². The fourth-order valence-electron chi connectivity index (χ4n) is 4.29. The summed E-state index contributed by atoms with van der Waals surface area (Å²) in [5.74, 6) is 0.752. The smallest absolute Gasteiger partial charge is 0.248 e. The van der Waals surface area contributed by atoms with Gasteiger partial charge in [-0.25, -0.2) is 0 Å². The van der Waals surface area contributed by atoms with Crippen LogP contribution in [-0.4, -0.2) is 86.6 Å². The fraction of sp³-hybridized carbons (Fsp3) is 0.941. The van der Waals surface area contributed by atoms with Crippen molar-refractivity contribution >= 4 is 5.91 Å². The molecule has 0 unspecified atom stereocenters. The molecular weight excluding hydrogens is 296 g/mol. The number of nitrogens with zero attached hydrogens (tertiary/aromatic N) is 2. The lowest BCUT2D eigenvalue weighted by atomic mass is 9.88. The average molecular weight is 328 g/mol. The molecule has 134 valence electrons. The van der Waals surface area contributed by atoms with E-state index in [-0.39, 0.29) is 25.2 Å². The van der Waals surface area contributed by atoms with Crippen molar-refractivity contribution in [3.63, 3.8) is 0 Å². The SMILES string of the molecule is CC[C@@H]1CN(C(=O)COC)[C@H](CO)[C@@H]1CN1CCC[C@@H]1COC. The number of hydrogen-bond acceptors (Lipinski definition) is 5. The molecule has 2 aliphatic rings. The van der Waals surface area contributed by atoms with Crippen molar-refractivity contribution in [2.75, 3.05) is 53.7 Å². The Morgan fingerprint density at radius 2 is 2.09 bits per heavy atom. The number of carbonyl (C=O) groups excluding carboxylic acids is 1. The Kier molecular flexibility index (Phi) is 7.27. The maximum atomic E-state index is 12.3. The molecule has 0 aromatic heterocycles. The minimum absolute atomic E-state index is 0.0117. The van der Waals surface area contributed by atoms with Crippen LogP contribution >= 0.6 is 0 Å². The second-order valence-corrected chi connectivity index (χ2v) is 6.81. The lowest BCUT2D eigenvalue weighted by Crippen LogP contribution is -2.46. The summed E-state index contributed by atoms with van der Waals surface area (Å²) in [5.41, 5.74) is 0. The van der Waals surface area contributed by atoms with E-state index in [2.05, 4.69) is 11.8 Å².